The summed E-state index contributed by atoms with van der Waals surface area (Å²) >= 11 is 2.67. The number of aromatic nitrogens is 2. The molecule has 0 fully saturated rings. The molecule has 1 N–H and O–H groups in total. The predicted molar refractivity (Wildman–Crippen MR) is 122 cm³/mol. The van der Waals surface area contributed by atoms with Gasteiger partial charge in [-0.25, -0.2) is 9.78 Å². The minimum Gasteiger partial charge on any atom is -0.465 e. The molecule has 0 bridgehead atoms. The van der Waals surface area contributed by atoms with E-state index in [0.29, 0.717) is 39.8 Å². The number of rotatable bonds is 8. The van der Waals surface area contributed by atoms with Crippen molar-refractivity contribution in [1.29, 1.82) is 0 Å². The van der Waals surface area contributed by atoms with Crippen molar-refractivity contribution in [3.8, 4) is 0 Å². The molecular weight excluding hydrogens is 438 g/mol. The lowest BCUT2D eigenvalue weighted by Gasteiger charge is -2.12. The summed E-state index contributed by atoms with van der Waals surface area (Å²) < 4.78 is 11.4. The number of benzene rings is 1. The summed E-state index contributed by atoms with van der Waals surface area (Å²) in [7, 11) is 2.88. The van der Waals surface area contributed by atoms with Gasteiger partial charge in [-0.05, 0) is 43.7 Å². The Hall–Kier alpha value is -2.69. The molecule has 3 rings (SSSR count). The molecule has 2 aromatic heterocycles. The quantitative estimate of drug-likeness (QED) is 0.312. The maximum Gasteiger partial charge on any atom is 0.337 e. The Labute approximate surface area is 187 Å². The highest BCUT2D eigenvalue weighted by Gasteiger charge is 2.17. The first-order valence-corrected chi connectivity index (χ1v) is 11.3. The zero-order chi connectivity index (χ0) is 22.5. The number of fused-ring (bicyclic) bond motifs is 1. The number of aryl methyl sites for hydroxylation is 2. The molecule has 0 aliphatic carbocycles. The van der Waals surface area contributed by atoms with E-state index in [4.69, 9.17) is 4.74 Å². The van der Waals surface area contributed by atoms with Gasteiger partial charge in [-0.2, -0.15) is 0 Å². The van der Waals surface area contributed by atoms with Crippen molar-refractivity contribution in [3.63, 3.8) is 0 Å². The molecule has 0 spiro atoms. The van der Waals surface area contributed by atoms with E-state index >= 15 is 0 Å². The van der Waals surface area contributed by atoms with Gasteiger partial charge in [0.05, 0.1) is 37.0 Å². The van der Waals surface area contributed by atoms with E-state index in [-0.39, 0.29) is 17.2 Å². The monoisotopic (exact) mass is 461 g/mol. The highest BCUT2D eigenvalue weighted by molar-refractivity contribution is 7.99. The van der Waals surface area contributed by atoms with Crippen molar-refractivity contribution >= 4 is 50.9 Å². The van der Waals surface area contributed by atoms with E-state index < -0.39 is 5.97 Å². The number of amides is 1. The number of carbonyl (C=O) groups is 2. The molecule has 0 unspecified atom stereocenters. The smallest absolute Gasteiger partial charge is 0.337 e. The molecule has 164 valence electrons. The van der Waals surface area contributed by atoms with E-state index in [1.807, 2.05) is 13.8 Å². The van der Waals surface area contributed by atoms with Gasteiger partial charge in [-0.3, -0.25) is 14.2 Å². The molecule has 0 aliphatic rings. The molecule has 3 aromatic rings. The summed E-state index contributed by atoms with van der Waals surface area (Å²) in [5, 5.41) is 3.88. The molecule has 1 amide bonds. The number of nitrogens with one attached hydrogen (secondary N) is 1. The van der Waals surface area contributed by atoms with Gasteiger partial charge in [0.15, 0.2) is 5.16 Å². The number of anilines is 1. The fourth-order valence-corrected chi connectivity index (χ4v) is 4.83. The topological polar surface area (TPSA) is 99.5 Å². The fourth-order valence-electron chi connectivity index (χ4n) is 2.93. The van der Waals surface area contributed by atoms with Crippen LogP contribution in [0.2, 0.25) is 0 Å². The zero-order valence-electron chi connectivity index (χ0n) is 17.7. The Bertz CT molecular complexity index is 1170. The van der Waals surface area contributed by atoms with E-state index in [2.05, 4.69) is 15.0 Å². The van der Waals surface area contributed by atoms with Gasteiger partial charge in [0, 0.05) is 17.7 Å². The third-order valence-electron chi connectivity index (χ3n) is 4.69. The molecule has 8 nitrogen and oxygen atoms in total. The summed E-state index contributed by atoms with van der Waals surface area (Å²) in [5.41, 5.74) is 1.78. The normalized spacial score (nSPS) is 11.0. The summed E-state index contributed by atoms with van der Waals surface area (Å²) in [6.07, 6.45) is 0. The minimum absolute atomic E-state index is 0.0764. The lowest BCUT2D eigenvalue weighted by Crippen LogP contribution is -2.26. The third-order valence-corrected chi connectivity index (χ3v) is 6.77. The van der Waals surface area contributed by atoms with Crippen LogP contribution < -0.4 is 10.9 Å². The van der Waals surface area contributed by atoms with Crippen LogP contribution in [0.15, 0.2) is 34.2 Å². The van der Waals surface area contributed by atoms with Crippen LogP contribution in [0.25, 0.3) is 10.2 Å². The van der Waals surface area contributed by atoms with Crippen molar-refractivity contribution in [1.82, 2.24) is 9.55 Å². The average molecular weight is 462 g/mol. The van der Waals surface area contributed by atoms with Crippen molar-refractivity contribution in [2.75, 3.05) is 31.9 Å². The summed E-state index contributed by atoms with van der Waals surface area (Å²) in [6.45, 7) is 4.60. The SMILES string of the molecule is COCCn1c(SCC(=O)Nc2ccc(C(=O)OC)cc2)nc2sc(C)c(C)c2c1=O. The number of hydrogen-bond acceptors (Lipinski definition) is 8. The molecule has 1 aromatic carbocycles. The van der Waals surface area contributed by atoms with E-state index in [1.54, 1.807) is 35.9 Å². The maximum absolute atomic E-state index is 13.1. The molecule has 0 saturated heterocycles. The fraction of sp³-hybridized carbons (Fsp3) is 0.333. The predicted octanol–water partition coefficient (Wildman–Crippen LogP) is 3.24. The van der Waals surface area contributed by atoms with Crippen LogP contribution in [0, 0.1) is 13.8 Å². The van der Waals surface area contributed by atoms with Gasteiger partial charge in [0.2, 0.25) is 5.91 Å². The van der Waals surface area contributed by atoms with Gasteiger partial charge in [0.1, 0.15) is 4.83 Å². The van der Waals surface area contributed by atoms with Crippen molar-refractivity contribution in [2.45, 2.75) is 25.5 Å². The van der Waals surface area contributed by atoms with Crippen LogP contribution in [0.1, 0.15) is 20.8 Å². The van der Waals surface area contributed by atoms with Crippen LogP contribution in [0.4, 0.5) is 5.69 Å². The summed E-state index contributed by atoms with van der Waals surface area (Å²) in [6, 6.07) is 6.41. The Morgan fingerprint density at radius 3 is 2.55 bits per heavy atom. The van der Waals surface area contributed by atoms with E-state index in [0.717, 1.165) is 10.4 Å². The second-order valence-corrected chi connectivity index (χ2v) is 8.86. The number of hydrogen-bond donors (Lipinski definition) is 1. The van der Waals surface area contributed by atoms with Crippen LogP contribution in [-0.4, -0.2) is 48.0 Å². The van der Waals surface area contributed by atoms with Crippen LogP contribution in [-0.2, 0) is 20.8 Å². The van der Waals surface area contributed by atoms with Crippen LogP contribution >= 0.6 is 23.1 Å². The van der Waals surface area contributed by atoms with Crippen molar-refractivity contribution in [3.05, 3.63) is 50.6 Å². The molecule has 0 atom stereocenters. The number of thiophene rings is 1. The van der Waals surface area contributed by atoms with Gasteiger partial charge in [-0.15, -0.1) is 11.3 Å². The molecule has 10 heteroatoms. The highest BCUT2D eigenvalue weighted by atomic mass is 32.2. The first kappa shape index (κ1) is 23.0. The Morgan fingerprint density at radius 2 is 1.90 bits per heavy atom. The number of esters is 1. The lowest BCUT2D eigenvalue weighted by molar-refractivity contribution is -0.113. The number of nitrogens with zero attached hydrogens (tertiary/aromatic N) is 2. The average Bonchev–Trinajstić information content (AvgIpc) is 3.05. The standard InChI is InChI=1S/C21H23N3O5S2/c1-12-13(2)31-18-17(12)19(26)24(9-10-28-3)21(23-18)30-11-16(25)22-15-7-5-14(6-8-15)20(27)29-4/h5-8H,9-11H2,1-4H3,(H,22,25). The highest BCUT2D eigenvalue weighted by Crippen LogP contribution is 2.28. The number of ether oxygens (including phenoxy) is 2. The Kier molecular flexibility index (Phi) is 7.47. The summed E-state index contributed by atoms with van der Waals surface area (Å²) in [5.74, 6) is -0.613. The zero-order valence-corrected chi connectivity index (χ0v) is 19.3. The molecule has 2 heterocycles. The molecule has 0 saturated carbocycles. The number of thioether (sulfide) groups is 1. The second-order valence-electron chi connectivity index (χ2n) is 6.71. The first-order valence-electron chi connectivity index (χ1n) is 9.46. The second kappa shape index (κ2) is 10.1. The summed E-state index contributed by atoms with van der Waals surface area (Å²) in [4.78, 5) is 43.4. The van der Waals surface area contributed by atoms with Gasteiger partial charge >= 0.3 is 5.97 Å². The molecular formula is C21H23N3O5S2. The van der Waals surface area contributed by atoms with Crippen LogP contribution in [0.3, 0.4) is 0 Å². The minimum atomic E-state index is -0.442. The number of methoxy groups -OCH3 is 2. The third kappa shape index (κ3) is 5.15. The van der Waals surface area contributed by atoms with Gasteiger partial charge in [0.25, 0.3) is 5.56 Å². The van der Waals surface area contributed by atoms with Crippen LogP contribution in [0.5, 0.6) is 0 Å². The maximum atomic E-state index is 13.1. The number of carbonyl (C=O) groups excluding carboxylic acids is 2. The van der Waals surface area contributed by atoms with Gasteiger partial charge < -0.3 is 14.8 Å². The van der Waals surface area contributed by atoms with E-state index in [1.165, 1.54) is 30.2 Å². The van der Waals surface area contributed by atoms with Crippen molar-refractivity contribution in [2.24, 2.45) is 0 Å². The molecule has 0 radical (unpaired) electrons. The molecule has 31 heavy (non-hydrogen) atoms. The van der Waals surface area contributed by atoms with E-state index in [9.17, 15) is 14.4 Å². The lowest BCUT2D eigenvalue weighted by atomic mass is 10.2. The van der Waals surface area contributed by atoms with Gasteiger partial charge in [-0.1, -0.05) is 11.8 Å². The first-order chi connectivity index (χ1) is 14.8. The Morgan fingerprint density at radius 1 is 1.19 bits per heavy atom. The Balaban J connectivity index is 1.77. The largest absolute Gasteiger partial charge is 0.465 e. The van der Waals surface area contributed by atoms with Crippen molar-refractivity contribution < 1.29 is 19.1 Å². The molecule has 0 aliphatic heterocycles.